The number of aromatic nitrogens is 3. The van der Waals surface area contributed by atoms with Crippen LogP contribution in [0.3, 0.4) is 0 Å². The zero-order valence-electron chi connectivity index (χ0n) is 12.2. The Morgan fingerprint density at radius 1 is 1.57 bits per heavy atom. The Labute approximate surface area is 122 Å². The van der Waals surface area contributed by atoms with Crippen LogP contribution in [0.4, 0.5) is 11.6 Å². The molecular weight excluding hydrogens is 272 g/mol. The van der Waals surface area contributed by atoms with Crippen molar-refractivity contribution >= 4 is 17.3 Å². The van der Waals surface area contributed by atoms with Crippen LogP contribution in [-0.2, 0) is 4.74 Å². The van der Waals surface area contributed by atoms with E-state index in [1.807, 2.05) is 24.4 Å². The summed E-state index contributed by atoms with van der Waals surface area (Å²) in [5.41, 5.74) is 2.95. The first-order valence-electron chi connectivity index (χ1n) is 6.86. The normalized spacial score (nSPS) is 21.7. The number of anilines is 2. The molecule has 0 aromatic carbocycles. The average Bonchev–Trinajstić information content (AvgIpc) is 2.92. The zero-order valence-corrected chi connectivity index (χ0v) is 12.2. The minimum absolute atomic E-state index is 0.0283. The fourth-order valence-electron chi connectivity index (χ4n) is 2.75. The number of morpholine rings is 1. The molecule has 8 nitrogen and oxygen atoms in total. The minimum atomic E-state index is -0.372. The molecule has 0 spiro atoms. The molecule has 0 amide bonds. The first kappa shape index (κ1) is 14.1. The fourth-order valence-corrected chi connectivity index (χ4v) is 2.75. The van der Waals surface area contributed by atoms with Crippen LogP contribution in [-0.4, -0.2) is 50.9 Å². The quantitative estimate of drug-likeness (QED) is 0.540. The van der Waals surface area contributed by atoms with Crippen LogP contribution in [0, 0.1) is 0 Å². The molecule has 1 atom stereocenters. The average molecular weight is 292 g/mol. The lowest BCUT2D eigenvalue weighted by atomic mass is 10.1. The van der Waals surface area contributed by atoms with Crippen LogP contribution >= 0.6 is 0 Å². The van der Waals surface area contributed by atoms with Crippen molar-refractivity contribution in [2.45, 2.75) is 25.6 Å². The Hall–Kier alpha value is -1.90. The minimum Gasteiger partial charge on any atom is -0.394 e. The standard InChI is InChI=1S/C13H20N6O2/c1-13(2)8-19(5-9(7-20)21-13)12-11-15-3-4-18(11)6-10(16-12)17-14/h3-4,6,9,17,20H,5,7-8,14H2,1-2H3. The van der Waals surface area contributed by atoms with E-state index in [9.17, 15) is 5.11 Å². The number of rotatable bonds is 3. The van der Waals surface area contributed by atoms with Gasteiger partial charge < -0.3 is 24.6 Å². The lowest BCUT2D eigenvalue weighted by molar-refractivity contribution is -0.101. The number of nitrogen functional groups attached to an aromatic ring is 1. The van der Waals surface area contributed by atoms with Gasteiger partial charge in [-0.1, -0.05) is 0 Å². The highest BCUT2D eigenvalue weighted by atomic mass is 16.5. The van der Waals surface area contributed by atoms with Crippen molar-refractivity contribution in [3.05, 3.63) is 18.6 Å². The number of imidazole rings is 1. The van der Waals surface area contributed by atoms with Gasteiger partial charge in [0, 0.05) is 25.5 Å². The smallest absolute Gasteiger partial charge is 0.180 e. The topological polar surface area (TPSA) is 101 Å². The van der Waals surface area contributed by atoms with Gasteiger partial charge in [0.25, 0.3) is 0 Å². The molecule has 114 valence electrons. The SMILES string of the molecule is CC1(C)CN(c2nc(NN)cn3ccnc23)CC(CO)O1. The summed E-state index contributed by atoms with van der Waals surface area (Å²) in [7, 11) is 0. The van der Waals surface area contributed by atoms with Gasteiger partial charge in [-0.3, -0.25) is 0 Å². The van der Waals surface area contributed by atoms with E-state index in [0.717, 1.165) is 11.5 Å². The van der Waals surface area contributed by atoms with Gasteiger partial charge in [-0.25, -0.2) is 15.8 Å². The number of hydrogen-bond donors (Lipinski definition) is 3. The summed E-state index contributed by atoms with van der Waals surface area (Å²) in [5, 5.41) is 9.44. The number of nitrogens with zero attached hydrogens (tertiary/aromatic N) is 4. The summed E-state index contributed by atoms with van der Waals surface area (Å²) < 4.78 is 7.71. The Morgan fingerprint density at radius 2 is 2.38 bits per heavy atom. The third-order valence-corrected chi connectivity index (χ3v) is 3.49. The van der Waals surface area contributed by atoms with E-state index < -0.39 is 0 Å². The number of nitrogens with two attached hydrogens (primary N) is 1. The second-order valence-corrected chi connectivity index (χ2v) is 5.81. The van der Waals surface area contributed by atoms with Crippen LogP contribution in [0.2, 0.25) is 0 Å². The number of ether oxygens (including phenoxy) is 1. The molecule has 0 aliphatic carbocycles. The fraction of sp³-hybridized carbons (Fsp3) is 0.538. The first-order chi connectivity index (χ1) is 10.0. The molecule has 1 fully saturated rings. The molecule has 21 heavy (non-hydrogen) atoms. The maximum absolute atomic E-state index is 9.44. The predicted octanol–water partition coefficient (Wildman–Crippen LogP) is -0.00900. The molecule has 0 bridgehead atoms. The second kappa shape index (κ2) is 5.14. The molecule has 1 aliphatic rings. The molecule has 0 saturated carbocycles. The Morgan fingerprint density at radius 3 is 3.10 bits per heavy atom. The van der Waals surface area contributed by atoms with Crippen LogP contribution in [0.15, 0.2) is 18.6 Å². The molecule has 0 radical (unpaired) electrons. The number of nitrogens with one attached hydrogen (secondary N) is 1. The summed E-state index contributed by atoms with van der Waals surface area (Å²) in [6.45, 7) is 5.18. The van der Waals surface area contributed by atoms with Gasteiger partial charge in [0.2, 0.25) is 0 Å². The van der Waals surface area contributed by atoms with Crippen molar-refractivity contribution < 1.29 is 9.84 Å². The van der Waals surface area contributed by atoms with Crippen LogP contribution in [0.5, 0.6) is 0 Å². The largest absolute Gasteiger partial charge is 0.394 e. The molecule has 3 rings (SSSR count). The third-order valence-electron chi connectivity index (χ3n) is 3.49. The van der Waals surface area contributed by atoms with Crippen LogP contribution in [0.1, 0.15) is 13.8 Å². The van der Waals surface area contributed by atoms with Crippen molar-refractivity contribution in [1.29, 1.82) is 0 Å². The molecule has 2 aromatic heterocycles. The van der Waals surface area contributed by atoms with Gasteiger partial charge in [0.15, 0.2) is 17.3 Å². The maximum atomic E-state index is 9.44. The molecule has 1 saturated heterocycles. The van der Waals surface area contributed by atoms with Gasteiger partial charge in [0.1, 0.15) is 0 Å². The lowest BCUT2D eigenvalue weighted by Gasteiger charge is -2.42. The van der Waals surface area contributed by atoms with Gasteiger partial charge >= 0.3 is 0 Å². The molecule has 2 aromatic rings. The van der Waals surface area contributed by atoms with E-state index in [-0.39, 0.29) is 18.3 Å². The van der Waals surface area contributed by atoms with E-state index in [0.29, 0.717) is 18.9 Å². The highest BCUT2D eigenvalue weighted by molar-refractivity contribution is 5.67. The summed E-state index contributed by atoms with van der Waals surface area (Å²) >= 11 is 0. The molecule has 3 heterocycles. The van der Waals surface area contributed by atoms with Crippen molar-refractivity contribution in [1.82, 2.24) is 14.4 Å². The van der Waals surface area contributed by atoms with Gasteiger partial charge in [0.05, 0.1) is 24.5 Å². The highest BCUT2D eigenvalue weighted by Gasteiger charge is 2.34. The molecule has 8 heteroatoms. The second-order valence-electron chi connectivity index (χ2n) is 5.81. The monoisotopic (exact) mass is 292 g/mol. The van der Waals surface area contributed by atoms with Gasteiger partial charge in [-0.15, -0.1) is 0 Å². The van der Waals surface area contributed by atoms with Crippen LogP contribution < -0.4 is 16.2 Å². The Balaban J connectivity index is 2.04. The highest BCUT2D eigenvalue weighted by Crippen LogP contribution is 2.28. The van der Waals surface area contributed by atoms with Gasteiger partial charge in [-0.2, -0.15) is 0 Å². The number of aliphatic hydroxyl groups excluding tert-OH is 1. The summed E-state index contributed by atoms with van der Waals surface area (Å²) in [5.74, 6) is 6.77. The van der Waals surface area contributed by atoms with E-state index in [4.69, 9.17) is 10.6 Å². The van der Waals surface area contributed by atoms with E-state index in [2.05, 4.69) is 20.3 Å². The summed E-state index contributed by atoms with van der Waals surface area (Å²) in [4.78, 5) is 11.0. The predicted molar refractivity (Wildman–Crippen MR) is 79.0 cm³/mol. The number of hydrazine groups is 1. The van der Waals surface area contributed by atoms with Crippen molar-refractivity contribution in [3.63, 3.8) is 0 Å². The molecular formula is C13H20N6O2. The number of fused-ring (bicyclic) bond motifs is 1. The Bertz CT molecular complexity index is 641. The summed E-state index contributed by atoms with van der Waals surface area (Å²) in [6, 6.07) is 0. The number of aliphatic hydroxyl groups is 1. The maximum Gasteiger partial charge on any atom is 0.180 e. The zero-order chi connectivity index (χ0) is 15.0. The van der Waals surface area contributed by atoms with Crippen LogP contribution in [0.25, 0.3) is 5.65 Å². The van der Waals surface area contributed by atoms with E-state index >= 15 is 0 Å². The van der Waals surface area contributed by atoms with E-state index in [1.165, 1.54) is 0 Å². The van der Waals surface area contributed by atoms with Crippen molar-refractivity contribution in [2.75, 3.05) is 30.0 Å². The Kier molecular flexibility index (Phi) is 3.44. The third kappa shape index (κ3) is 2.65. The summed E-state index contributed by atoms with van der Waals surface area (Å²) in [6.07, 6.45) is 5.09. The van der Waals surface area contributed by atoms with E-state index in [1.54, 1.807) is 12.4 Å². The first-order valence-corrected chi connectivity index (χ1v) is 6.86. The lowest BCUT2D eigenvalue weighted by Crippen LogP contribution is -2.54. The van der Waals surface area contributed by atoms with Gasteiger partial charge in [-0.05, 0) is 13.8 Å². The van der Waals surface area contributed by atoms with Crippen molar-refractivity contribution in [2.24, 2.45) is 5.84 Å². The molecule has 1 unspecified atom stereocenters. The molecule has 4 N–H and O–H groups in total. The molecule has 1 aliphatic heterocycles. The van der Waals surface area contributed by atoms with Crippen molar-refractivity contribution in [3.8, 4) is 0 Å². The number of hydrogen-bond acceptors (Lipinski definition) is 7.